The molecule has 0 spiro atoms. The molecule has 10 nitrogen and oxygen atoms in total. The Morgan fingerprint density at radius 3 is 2.39 bits per heavy atom. The maximum atomic E-state index is 13.7. The number of nitriles is 1. The SMILES string of the molecule is C=Cc1cccc(C(C(=O)NCc2ccccc2)N(CC#N)C(=O)C(CC(N)=O)NC(=O)OC(C)(C)C)c1. The van der Waals surface area contributed by atoms with Crippen LogP contribution in [0.4, 0.5) is 4.79 Å². The van der Waals surface area contributed by atoms with Gasteiger partial charge in [0, 0.05) is 6.54 Å². The number of nitrogens with two attached hydrogens (primary N) is 1. The second-order valence-electron chi connectivity index (χ2n) is 9.47. The Labute approximate surface area is 222 Å². The lowest BCUT2D eigenvalue weighted by Gasteiger charge is -2.32. The minimum Gasteiger partial charge on any atom is -0.444 e. The average molecular weight is 520 g/mol. The summed E-state index contributed by atoms with van der Waals surface area (Å²) in [5, 5.41) is 14.7. The van der Waals surface area contributed by atoms with Crippen molar-refractivity contribution in [3.8, 4) is 6.07 Å². The molecule has 2 rings (SSSR count). The predicted molar refractivity (Wildman–Crippen MR) is 142 cm³/mol. The molecule has 0 heterocycles. The summed E-state index contributed by atoms with van der Waals surface area (Å²) in [5.41, 5.74) is 6.40. The van der Waals surface area contributed by atoms with Crippen molar-refractivity contribution >= 4 is 29.9 Å². The van der Waals surface area contributed by atoms with E-state index in [2.05, 4.69) is 17.2 Å². The highest BCUT2D eigenvalue weighted by molar-refractivity contribution is 5.94. The van der Waals surface area contributed by atoms with E-state index in [-0.39, 0.29) is 6.54 Å². The van der Waals surface area contributed by atoms with Crippen molar-refractivity contribution in [3.63, 3.8) is 0 Å². The lowest BCUT2D eigenvalue weighted by Crippen LogP contribution is -2.54. The number of nitrogens with one attached hydrogen (secondary N) is 2. The summed E-state index contributed by atoms with van der Waals surface area (Å²) in [6.45, 7) is 8.32. The Morgan fingerprint density at radius 1 is 1.13 bits per heavy atom. The van der Waals surface area contributed by atoms with E-state index in [0.717, 1.165) is 10.5 Å². The maximum Gasteiger partial charge on any atom is 0.408 e. The molecule has 0 aliphatic heterocycles. The number of benzene rings is 2. The second kappa shape index (κ2) is 13.6. The molecule has 4 amide bonds. The van der Waals surface area contributed by atoms with Crippen LogP contribution >= 0.6 is 0 Å². The van der Waals surface area contributed by atoms with Gasteiger partial charge < -0.3 is 26.0 Å². The molecule has 2 unspecified atom stereocenters. The highest BCUT2D eigenvalue weighted by Crippen LogP contribution is 2.24. The summed E-state index contributed by atoms with van der Waals surface area (Å²) in [7, 11) is 0. The fourth-order valence-corrected chi connectivity index (χ4v) is 3.63. The van der Waals surface area contributed by atoms with Gasteiger partial charge in [0.1, 0.15) is 24.2 Å². The van der Waals surface area contributed by atoms with E-state index in [1.807, 2.05) is 36.4 Å². The Hall–Kier alpha value is -4.65. The third kappa shape index (κ3) is 9.09. The second-order valence-corrected chi connectivity index (χ2v) is 9.47. The predicted octanol–water partition coefficient (Wildman–Crippen LogP) is 2.81. The standard InChI is InChI=1S/C28H33N5O5/c1-5-19-12-9-13-21(16-19)24(25(35)31-18-20-10-7-6-8-11-20)33(15-14-29)26(36)22(17-23(30)34)32-27(37)38-28(2,3)4/h5-13,16,22,24H,1,15,17-18H2,2-4H3,(H2,30,34)(H,31,35)(H,32,37). The molecular formula is C28H33N5O5. The van der Waals surface area contributed by atoms with Crippen molar-refractivity contribution in [2.75, 3.05) is 6.54 Å². The molecule has 10 heteroatoms. The Kier molecular flexibility index (Phi) is 10.6. The van der Waals surface area contributed by atoms with Crippen LogP contribution in [0.2, 0.25) is 0 Å². The molecule has 0 aliphatic carbocycles. The van der Waals surface area contributed by atoms with Gasteiger partial charge in [-0.05, 0) is 43.5 Å². The summed E-state index contributed by atoms with van der Waals surface area (Å²) >= 11 is 0. The van der Waals surface area contributed by atoms with Crippen LogP contribution in [0.25, 0.3) is 6.08 Å². The molecule has 0 saturated carbocycles. The van der Waals surface area contributed by atoms with Crippen molar-refractivity contribution in [1.82, 2.24) is 15.5 Å². The quantitative estimate of drug-likeness (QED) is 0.388. The molecule has 2 aromatic rings. The van der Waals surface area contributed by atoms with Crippen LogP contribution in [0.5, 0.6) is 0 Å². The van der Waals surface area contributed by atoms with Crippen LogP contribution in [0.1, 0.15) is 49.9 Å². The van der Waals surface area contributed by atoms with E-state index in [1.54, 1.807) is 51.1 Å². The number of hydrogen-bond acceptors (Lipinski definition) is 6. The summed E-state index contributed by atoms with van der Waals surface area (Å²) < 4.78 is 5.22. The van der Waals surface area contributed by atoms with Crippen molar-refractivity contribution in [1.29, 1.82) is 5.26 Å². The fourth-order valence-electron chi connectivity index (χ4n) is 3.63. The Morgan fingerprint density at radius 2 is 1.82 bits per heavy atom. The Balaban J connectivity index is 2.48. The van der Waals surface area contributed by atoms with Gasteiger partial charge in [0.25, 0.3) is 0 Å². The third-order valence-corrected chi connectivity index (χ3v) is 5.25. The average Bonchev–Trinajstić information content (AvgIpc) is 2.85. The van der Waals surface area contributed by atoms with E-state index in [0.29, 0.717) is 11.1 Å². The minimum absolute atomic E-state index is 0.173. The van der Waals surface area contributed by atoms with Gasteiger partial charge >= 0.3 is 6.09 Å². The first kappa shape index (κ1) is 29.6. The lowest BCUT2D eigenvalue weighted by atomic mass is 10.00. The van der Waals surface area contributed by atoms with Crippen LogP contribution in [0.15, 0.2) is 61.2 Å². The van der Waals surface area contributed by atoms with E-state index in [9.17, 15) is 24.4 Å². The van der Waals surface area contributed by atoms with Crippen LogP contribution in [-0.4, -0.2) is 46.9 Å². The molecule has 0 radical (unpaired) electrons. The monoisotopic (exact) mass is 519 g/mol. The first-order valence-corrected chi connectivity index (χ1v) is 11.9. The smallest absolute Gasteiger partial charge is 0.408 e. The largest absolute Gasteiger partial charge is 0.444 e. The lowest BCUT2D eigenvalue weighted by molar-refractivity contribution is -0.142. The summed E-state index contributed by atoms with van der Waals surface area (Å²) in [6.07, 6.45) is 0.0666. The molecule has 0 aliphatic rings. The van der Waals surface area contributed by atoms with Crippen molar-refractivity contribution in [2.45, 2.75) is 51.4 Å². The minimum atomic E-state index is -1.47. The van der Waals surface area contributed by atoms with Gasteiger partial charge in [-0.3, -0.25) is 14.4 Å². The summed E-state index contributed by atoms with van der Waals surface area (Å²) in [4.78, 5) is 52.5. The molecule has 0 fully saturated rings. The number of carbonyl (C=O) groups excluding carboxylic acids is 4. The van der Waals surface area contributed by atoms with Crippen LogP contribution in [0.3, 0.4) is 0 Å². The first-order chi connectivity index (χ1) is 17.9. The molecule has 38 heavy (non-hydrogen) atoms. The topological polar surface area (TPSA) is 155 Å². The van der Waals surface area contributed by atoms with E-state index < -0.39 is 54.5 Å². The number of rotatable bonds is 11. The highest BCUT2D eigenvalue weighted by atomic mass is 16.6. The summed E-state index contributed by atoms with van der Waals surface area (Å²) in [6, 6.07) is 15.1. The molecule has 0 aromatic heterocycles. The van der Waals surface area contributed by atoms with E-state index >= 15 is 0 Å². The zero-order valence-corrected chi connectivity index (χ0v) is 21.8. The number of amides is 4. The number of hydrogen-bond donors (Lipinski definition) is 3. The molecule has 2 atom stereocenters. The molecular weight excluding hydrogens is 486 g/mol. The Bertz CT molecular complexity index is 1200. The fraction of sp³-hybridized carbons (Fsp3) is 0.321. The molecule has 200 valence electrons. The number of carbonyl (C=O) groups is 4. The van der Waals surface area contributed by atoms with Crippen LogP contribution < -0.4 is 16.4 Å². The molecule has 0 saturated heterocycles. The van der Waals surface area contributed by atoms with E-state index in [1.165, 1.54) is 0 Å². The first-order valence-electron chi connectivity index (χ1n) is 11.9. The maximum absolute atomic E-state index is 13.7. The highest BCUT2D eigenvalue weighted by Gasteiger charge is 2.37. The van der Waals surface area contributed by atoms with Crippen LogP contribution in [-0.2, 0) is 25.7 Å². The number of alkyl carbamates (subject to hydrolysis) is 1. The van der Waals surface area contributed by atoms with Crippen molar-refractivity contribution in [2.24, 2.45) is 5.73 Å². The van der Waals surface area contributed by atoms with Gasteiger partial charge in [0.15, 0.2) is 0 Å². The normalized spacial score (nSPS) is 12.3. The molecule has 2 aromatic carbocycles. The zero-order valence-electron chi connectivity index (χ0n) is 21.8. The van der Waals surface area contributed by atoms with Gasteiger partial charge in [0.2, 0.25) is 17.7 Å². The van der Waals surface area contributed by atoms with Crippen molar-refractivity contribution < 1.29 is 23.9 Å². The third-order valence-electron chi connectivity index (χ3n) is 5.25. The summed E-state index contributed by atoms with van der Waals surface area (Å²) in [5.74, 6) is -2.27. The van der Waals surface area contributed by atoms with Crippen LogP contribution in [0, 0.1) is 11.3 Å². The van der Waals surface area contributed by atoms with Gasteiger partial charge in [0.05, 0.1) is 12.5 Å². The van der Waals surface area contributed by atoms with Gasteiger partial charge in [-0.25, -0.2) is 4.79 Å². The molecule has 4 N–H and O–H groups in total. The number of ether oxygens (including phenoxy) is 1. The van der Waals surface area contributed by atoms with Gasteiger partial charge in [-0.1, -0.05) is 61.2 Å². The molecule has 0 bridgehead atoms. The number of nitrogens with zero attached hydrogens (tertiary/aromatic N) is 2. The van der Waals surface area contributed by atoms with E-state index in [4.69, 9.17) is 10.5 Å². The zero-order chi connectivity index (χ0) is 28.3. The van der Waals surface area contributed by atoms with Crippen molar-refractivity contribution in [3.05, 3.63) is 77.9 Å². The van der Waals surface area contributed by atoms with Gasteiger partial charge in [-0.15, -0.1) is 0 Å². The van der Waals surface area contributed by atoms with Gasteiger partial charge in [-0.2, -0.15) is 5.26 Å². The number of primary amides is 1.